The molecule has 3 heterocycles. The number of rotatable bonds is 9. The van der Waals surface area contributed by atoms with Crippen molar-refractivity contribution in [3.05, 3.63) is 82.7 Å². The molecule has 2 aromatic heterocycles. The van der Waals surface area contributed by atoms with Crippen LogP contribution in [0.25, 0.3) is 10.2 Å². The first-order valence-corrected chi connectivity index (χ1v) is 13.7. The number of aryl methyl sites for hydroxylation is 2. The van der Waals surface area contributed by atoms with E-state index in [1.807, 2.05) is 35.2 Å². The van der Waals surface area contributed by atoms with E-state index in [2.05, 4.69) is 53.5 Å². The Morgan fingerprint density at radius 2 is 1.64 bits per heavy atom. The number of hydrogen-bond acceptors (Lipinski definition) is 6. The normalized spacial score (nSPS) is 13.8. The molecule has 0 bridgehead atoms. The summed E-state index contributed by atoms with van der Waals surface area (Å²) in [5.41, 5.74) is 2.41. The molecule has 1 aliphatic heterocycles. The predicted octanol–water partition coefficient (Wildman–Crippen LogP) is 5.19. The molecule has 0 atom stereocenters. The Hall–Kier alpha value is -3.45. The van der Waals surface area contributed by atoms with E-state index in [0.29, 0.717) is 25.5 Å². The molecular weight excluding hydrogens is 466 g/mol. The van der Waals surface area contributed by atoms with Gasteiger partial charge in [-0.3, -0.25) is 4.79 Å². The Kier molecular flexibility index (Phi) is 7.76. The number of anilines is 2. The molecule has 5 rings (SSSR count). The highest BCUT2D eigenvalue weighted by Gasteiger charge is 2.24. The molecule has 2 aromatic carbocycles. The summed E-state index contributed by atoms with van der Waals surface area (Å²) in [5.74, 6) is 1.87. The lowest BCUT2D eigenvalue weighted by molar-refractivity contribution is -0.130. The summed E-state index contributed by atoms with van der Waals surface area (Å²) < 4.78 is 0. The van der Waals surface area contributed by atoms with Crippen LogP contribution in [0.1, 0.15) is 29.3 Å². The number of piperazine rings is 1. The van der Waals surface area contributed by atoms with Crippen molar-refractivity contribution in [1.29, 1.82) is 0 Å². The van der Waals surface area contributed by atoms with E-state index < -0.39 is 0 Å². The van der Waals surface area contributed by atoms with Crippen molar-refractivity contribution in [2.75, 3.05) is 42.9 Å². The van der Waals surface area contributed by atoms with E-state index in [9.17, 15) is 4.79 Å². The van der Waals surface area contributed by atoms with Crippen LogP contribution >= 0.6 is 11.3 Å². The van der Waals surface area contributed by atoms with Crippen LogP contribution in [0, 0.1) is 0 Å². The Balaban J connectivity index is 1.25. The maximum atomic E-state index is 12.8. The van der Waals surface area contributed by atoms with Crippen molar-refractivity contribution in [1.82, 2.24) is 14.9 Å². The molecule has 0 saturated carbocycles. The second-order valence-corrected chi connectivity index (χ2v) is 10.3. The zero-order valence-electron chi connectivity index (χ0n) is 20.8. The van der Waals surface area contributed by atoms with Crippen LogP contribution in [0.3, 0.4) is 0 Å². The molecule has 0 spiro atoms. The number of carbonyl (C=O) groups is 1. The molecule has 0 unspecified atom stereocenters. The van der Waals surface area contributed by atoms with Crippen LogP contribution in [0.5, 0.6) is 0 Å². The topological polar surface area (TPSA) is 61.4 Å². The number of hydrogen-bond donors (Lipinski definition) is 1. The van der Waals surface area contributed by atoms with Gasteiger partial charge in [-0.15, -0.1) is 11.3 Å². The predicted molar refractivity (Wildman–Crippen MR) is 149 cm³/mol. The first-order valence-electron chi connectivity index (χ1n) is 12.8. The van der Waals surface area contributed by atoms with Gasteiger partial charge >= 0.3 is 0 Å². The maximum Gasteiger partial charge on any atom is 0.227 e. The number of thiophene rings is 1. The third kappa shape index (κ3) is 5.85. The molecular formula is C29H33N5OS. The van der Waals surface area contributed by atoms with E-state index in [1.165, 1.54) is 10.4 Å². The smallest absolute Gasteiger partial charge is 0.227 e. The molecule has 0 aliphatic carbocycles. The quantitative estimate of drug-likeness (QED) is 0.321. The van der Waals surface area contributed by atoms with Crippen molar-refractivity contribution < 1.29 is 4.79 Å². The molecule has 1 fully saturated rings. The summed E-state index contributed by atoms with van der Waals surface area (Å²) in [6, 6.07) is 22.8. The number of fused-ring (bicyclic) bond motifs is 1. The van der Waals surface area contributed by atoms with Crippen LogP contribution in [0.2, 0.25) is 0 Å². The first kappa shape index (κ1) is 24.3. The van der Waals surface area contributed by atoms with E-state index in [0.717, 1.165) is 60.5 Å². The highest BCUT2D eigenvalue weighted by Crippen LogP contribution is 2.33. The molecule has 1 saturated heterocycles. The Morgan fingerprint density at radius 1 is 0.944 bits per heavy atom. The number of benzene rings is 2. The average molecular weight is 500 g/mol. The minimum absolute atomic E-state index is 0.193. The third-order valence-electron chi connectivity index (χ3n) is 6.67. The minimum atomic E-state index is 0.193. The number of aromatic nitrogens is 2. The van der Waals surface area contributed by atoms with E-state index >= 15 is 0 Å². The van der Waals surface area contributed by atoms with Crippen molar-refractivity contribution >= 4 is 39.2 Å². The van der Waals surface area contributed by atoms with Crippen molar-refractivity contribution in [2.45, 2.75) is 32.6 Å². The molecule has 1 aliphatic rings. The Morgan fingerprint density at radius 3 is 2.33 bits per heavy atom. The SMILES string of the molecule is CCc1cc2c(N3CCN(C(=O)Cc4ccccc4)CC3)nc(NCCCc3ccccc3)nc2s1. The van der Waals surface area contributed by atoms with E-state index in [4.69, 9.17) is 9.97 Å². The van der Waals surface area contributed by atoms with E-state index in [-0.39, 0.29) is 5.91 Å². The molecule has 1 amide bonds. The zero-order valence-corrected chi connectivity index (χ0v) is 21.6. The monoisotopic (exact) mass is 499 g/mol. The summed E-state index contributed by atoms with van der Waals surface area (Å²) in [5, 5.41) is 4.58. The second kappa shape index (κ2) is 11.5. The largest absolute Gasteiger partial charge is 0.354 e. The minimum Gasteiger partial charge on any atom is -0.354 e. The van der Waals surface area contributed by atoms with Gasteiger partial charge in [0, 0.05) is 37.6 Å². The van der Waals surface area contributed by atoms with Gasteiger partial charge < -0.3 is 15.1 Å². The zero-order chi connectivity index (χ0) is 24.7. The summed E-state index contributed by atoms with van der Waals surface area (Å²) in [6.45, 7) is 5.98. The fourth-order valence-electron chi connectivity index (χ4n) is 4.64. The van der Waals surface area contributed by atoms with Crippen molar-refractivity contribution in [3.63, 3.8) is 0 Å². The summed E-state index contributed by atoms with van der Waals surface area (Å²) in [6.07, 6.45) is 3.50. The number of nitrogens with one attached hydrogen (secondary N) is 1. The van der Waals surface area contributed by atoms with Gasteiger partial charge in [-0.05, 0) is 36.5 Å². The summed E-state index contributed by atoms with van der Waals surface area (Å²) in [7, 11) is 0. The van der Waals surface area contributed by atoms with Crippen molar-refractivity contribution in [3.8, 4) is 0 Å². The van der Waals surface area contributed by atoms with E-state index in [1.54, 1.807) is 11.3 Å². The molecule has 7 heteroatoms. The van der Waals surface area contributed by atoms with Crippen LogP contribution < -0.4 is 10.2 Å². The third-order valence-corrected chi connectivity index (χ3v) is 7.84. The van der Waals surface area contributed by atoms with Gasteiger partial charge in [0.25, 0.3) is 0 Å². The maximum absolute atomic E-state index is 12.8. The molecule has 6 nitrogen and oxygen atoms in total. The lowest BCUT2D eigenvalue weighted by Gasteiger charge is -2.35. The second-order valence-electron chi connectivity index (χ2n) is 9.20. The fraction of sp³-hybridized carbons (Fsp3) is 0.345. The molecule has 4 aromatic rings. The van der Waals surface area contributed by atoms with Crippen molar-refractivity contribution in [2.24, 2.45) is 0 Å². The summed E-state index contributed by atoms with van der Waals surface area (Å²) in [4.78, 5) is 29.3. The van der Waals surface area contributed by atoms with Gasteiger partial charge in [-0.25, -0.2) is 4.98 Å². The molecule has 36 heavy (non-hydrogen) atoms. The number of carbonyl (C=O) groups excluding carboxylic acids is 1. The fourth-order valence-corrected chi connectivity index (χ4v) is 5.60. The van der Waals surface area contributed by atoms with Gasteiger partial charge in [-0.1, -0.05) is 67.6 Å². The first-order chi connectivity index (χ1) is 17.7. The lowest BCUT2D eigenvalue weighted by atomic mass is 10.1. The Bertz CT molecular complexity index is 1280. The highest BCUT2D eigenvalue weighted by molar-refractivity contribution is 7.18. The highest BCUT2D eigenvalue weighted by atomic mass is 32.1. The van der Waals surface area contributed by atoms with Crippen LogP contribution in [-0.4, -0.2) is 53.5 Å². The van der Waals surface area contributed by atoms with Gasteiger partial charge in [0.05, 0.1) is 11.8 Å². The van der Waals surface area contributed by atoms with Gasteiger partial charge in [0.15, 0.2) is 0 Å². The average Bonchev–Trinajstić information content (AvgIpc) is 3.35. The van der Waals surface area contributed by atoms with Crippen LogP contribution in [0.4, 0.5) is 11.8 Å². The molecule has 0 radical (unpaired) electrons. The number of nitrogens with zero attached hydrogens (tertiary/aromatic N) is 4. The lowest BCUT2D eigenvalue weighted by Crippen LogP contribution is -2.49. The standard InChI is InChI=1S/C29H33N5OS/c1-2-24-21-25-27(34-18-16-33(17-19-34)26(35)20-23-12-7-4-8-13-23)31-29(32-28(25)36-24)30-15-9-14-22-10-5-3-6-11-22/h3-8,10-13,21H,2,9,14-20H2,1H3,(H,30,31,32). The van der Waals surface area contributed by atoms with Gasteiger partial charge in [0.1, 0.15) is 10.6 Å². The Labute approximate surface area is 217 Å². The van der Waals surface area contributed by atoms with Crippen LogP contribution in [-0.2, 0) is 24.1 Å². The number of amides is 1. The molecule has 186 valence electrons. The summed E-state index contributed by atoms with van der Waals surface area (Å²) >= 11 is 1.75. The van der Waals surface area contributed by atoms with Gasteiger partial charge in [-0.2, -0.15) is 4.98 Å². The molecule has 1 N–H and O–H groups in total. The van der Waals surface area contributed by atoms with Crippen LogP contribution in [0.15, 0.2) is 66.7 Å². The van der Waals surface area contributed by atoms with Gasteiger partial charge in [0.2, 0.25) is 11.9 Å².